The number of halogens is 1. The number of hydrogen-bond acceptors (Lipinski definition) is 5. The van der Waals surface area contributed by atoms with E-state index in [-0.39, 0.29) is 5.84 Å². The molecule has 0 spiro atoms. The van der Waals surface area contributed by atoms with Crippen LogP contribution in [0.1, 0.15) is 5.56 Å². The van der Waals surface area contributed by atoms with E-state index in [1.807, 2.05) is 12.1 Å². The number of nitrogens with zero attached hydrogens (tertiary/aromatic N) is 4. The van der Waals surface area contributed by atoms with Crippen LogP contribution in [-0.4, -0.2) is 28.1 Å². The van der Waals surface area contributed by atoms with Gasteiger partial charge in [0.2, 0.25) is 0 Å². The Morgan fingerprint density at radius 2 is 2.16 bits per heavy atom. The fourth-order valence-corrected chi connectivity index (χ4v) is 1.94. The first-order valence-corrected chi connectivity index (χ1v) is 5.79. The van der Waals surface area contributed by atoms with Crippen LogP contribution in [0, 0.1) is 0 Å². The highest BCUT2D eigenvalue weighted by molar-refractivity contribution is 6.33. The van der Waals surface area contributed by atoms with E-state index < -0.39 is 0 Å². The molecule has 1 heterocycles. The summed E-state index contributed by atoms with van der Waals surface area (Å²) in [4.78, 5) is 9.70. The summed E-state index contributed by atoms with van der Waals surface area (Å²) in [6.07, 6.45) is 2.91. The fourth-order valence-electron chi connectivity index (χ4n) is 1.70. The molecule has 0 fully saturated rings. The van der Waals surface area contributed by atoms with Crippen molar-refractivity contribution in [2.75, 3.05) is 11.9 Å². The number of anilines is 2. The average Bonchev–Trinajstić information content (AvgIpc) is 2.46. The molecule has 0 radical (unpaired) electrons. The average molecular weight is 278 g/mol. The van der Waals surface area contributed by atoms with Gasteiger partial charge in [-0.2, -0.15) is 0 Å². The molecule has 98 valence electrons. The summed E-state index contributed by atoms with van der Waals surface area (Å²) in [7, 11) is 1.79. The Morgan fingerprint density at radius 1 is 1.42 bits per heavy atom. The summed E-state index contributed by atoms with van der Waals surface area (Å²) in [6, 6.07) is 7.21. The van der Waals surface area contributed by atoms with Gasteiger partial charge in [0, 0.05) is 12.6 Å². The van der Waals surface area contributed by atoms with Crippen molar-refractivity contribution in [3.63, 3.8) is 0 Å². The molecule has 0 aliphatic heterocycles. The lowest BCUT2D eigenvalue weighted by Crippen LogP contribution is -2.20. The van der Waals surface area contributed by atoms with Gasteiger partial charge in [-0.3, -0.25) is 0 Å². The molecule has 19 heavy (non-hydrogen) atoms. The van der Waals surface area contributed by atoms with E-state index in [1.54, 1.807) is 24.1 Å². The molecule has 0 saturated heterocycles. The summed E-state index contributed by atoms with van der Waals surface area (Å²) in [5.41, 5.74) is 6.96. The van der Waals surface area contributed by atoms with E-state index >= 15 is 0 Å². The van der Waals surface area contributed by atoms with Gasteiger partial charge in [-0.25, -0.2) is 9.97 Å². The van der Waals surface area contributed by atoms with Crippen molar-refractivity contribution in [2.45, 2.75) is 0 Å². The van der Waals surface area contributed by atoms with Crippen LogP contribution < -0.4 is 10.6 Å². The number of hydrogen-bond donors (Lipinski definition) is 2. The maximum Gasteiger partial charge on any atom is 0.172 e. The van der Waals surface area contributed by atoms with Crippen molar-refractivity contribution < 1.29 is 5.21 Å². The molecule has 0 aliphatic carbocycles. The van der Waals surface area contributed by atoms with Gasteiger partial charge in [0.1, 0.15) is 11.3 Å². The molecular weight excluding hydrogens is 266 g/mol. The normalized spacial score (nSPS) is 11.4. The number of rotatable bonds is 3. The molecule has 3 N–H and O–H groups in total. The second-order valence-corrected chi connectivity index (χ2v) is 4.16. The molecule has 0 aliphatic rings. The van der Waals surface area contributed by atoms with Crippen molar-refractivity contribution in [2.24, 2.45) is 10.9 Å². The molecule has 0 amide bonds. The Balaban J connectivity index is 2.51. The molecular formula is C12H12ClN5O. The predicted octanol–water partition coefficient (Wildman–Crippen LogP) is 1.99. The number of oxime groups is 1. The standard InChI is InChI=1S/C12H12ClN5O/c1-18(12-9(13)6-15-7-16-12)10-5-3-2-4-8(10)11(14)17-19/h2-7,19H,1H3,(H2,14,17). The smallest absolute Gasteiger partial charge is 0.172 e. The molecule has 0 saturated carbocycles. The third-order valence-corrected chi connectivity index (χ3v) is 2.88. The topological polar surface area (TPSA) is 87.6 Å². The summed E-state index contributed by atoms with van der Waals surface area (Å²) in [5.74, 6) is 0.558. The zero-order chi connectivity index (χ0) is 13.8. The lowest BCUT2D eigenvalue weighted by molar-refractivity contribution is 0.318. The second-order valence-electron chi connectivity index (χ2n) is 3.76. The van der Waals surface area contributed by atoms with Crippen LogP contribution in [0.3, 0.4) is 0 Å². The van der Waals surface area contributed by atoms with Crippen molar-refractivity contribution in [1.29, 1.82) is 0 Å². The molecule has 2 rings (SSSR count). The van der Waals surface area contributed by atoms with Crippen LogP contribution in [0.5, 0.6) is 0 Å². The van der Waals surface area contributed by atoms with Crippen molar-refractivity contribution in [3.8, 4) is 0 Å². The quantitative estimate of drug-likeness (QED) is 0.388. The van der Waals surface area contributed by atoms with Gasteiger partial charge in [-0.05, 0) is 12.1 Å². The molecule has 7 heteroatoms. The highest BCUT2D eigenvalue weighted by atomic mass is 35.5. The third kappa shape index (κ3) is 2.58. The van der Waals surface area contributed by atoms with Crippen LogP contribution >= 0.6 is 11.6 Å². The predicted molar refractivity (Wildman–Crippen MR) is 74.1 cm³/mol. The van der Waals surface area contributed by atoms with Crippen LogP contribution in [0.25, 0.3) is 0 Å². The second kappa shape index (κ2) is 5.53. The van der Waals surface area contributed by atoms with E-state index in [2.05, 4.69) is 15.1 Å². The maximum absolute atomic E-state index is 8.81. The minimum absolute atomic E-state index is 0.0210. The number of nitrogens with two attached hydrogens (primary N) is 1. The zero-order valence-corrected chi connectivity index (χ0v) is 10.9. The Kier molecular flexibility index (Phi) is 3.82. The highest BCUT2D eigenvalue weighted by Gasteiger charge is 2.15. The van der Waals surface area contributed by atoms with Crippen LogP contribution in [-0.2, 0) is 0 Å². The lowest BCUT2D eigenvalue weighted by Gasteiger charge is -2.21. The van der Waals surface area contributed by atoms with Gasteiger partial charge in [0.05, 0.1) is 11.9 Å². The first kappa shape index (κ1) is 13.1. The number of benzene rings is 1. The van der Waals surface area contributed by atoms with Gasteiger partial charge in [-0.15, -0.1) is 0 Å². The molecule has 1 aromatic carbocycles. The van der Waals surface area contributed by atoms with Crippen LogP contribution in [0.2, 0.25) is 5.02 Å². The summed E-state index contributed by atoms with van der Waals surface area (Å²) in [5, 5.41) is 12.2. The van der Waals surface area contributed by atoms with E-state index in [4.69, 9.17) is 22.5 Å². The number of para-hydroxylation sites is 1. The Bertz CT molecular complexity index is 617. The van der Waals surface area contributed by atoms with Gasteiger partial charge in [0.15, 0.2) is 11.7 Å². The minimum Gasteiger partial charge on any atom is -0.409 e. The molecule has 0 bridgehead atoms. The number of aromatic nitrogens is 2. The van der Waals surface area contributed by atoms with Gasteiger partial charge in [0.25, 0.3) is 0 Å². The zero-order valence-electron chi connectivity index (χ0n) is 10.2. The van der Waals surface area contributed by atoms with Crippen LogP contribution in [0.4, 0.5) is 11.5 Å². The Labute approximate surface area is 115 Å². The minimum atomic E-state index is 0.0210. The molecule has 1 aromatic heterocycles. The maximum atomic E-state index is 8.81. The van der Waals surface area contributed by atoms with Crippen molar-refractivity contribution in [3.05, 3.63) is 47.4 Å². The van der Waals surface area contributed by atoms with Gasteiger partial charge < -0.3 is 15.8 Å². The SMILES string of the molecule is CN(c1ccccc1/C(N)=N/O)c1ncncc1Cl. The molecule has 0 atom stereocenters. The monoisotopic (exact) mass is 277 g/mol. The van der Waals surface area contributed by atoms with E-state index in [0.717, 1.165) is 5.69 Å². The molecule has 6 nitrogen and oxygen atoms in total. The molecule has 0 unspecified atom stereocenters. The summed E-state index contributed by atoms with van der Waals surface area (Å²) < 4.78 is 0. The van der Waals surface area contributed by atoms with Gasteiger partial charge in [-0.1, -0.05) is 28.9 Å². The third-order valence-electron chi connectivity index (χ3n) is 2.61. The molecule has 2 aromatic rings. The lowest BCUT2D eigenvalue weighted by atomic mass is 10.1. The Morgan fingerprint density at radius 3 is 2.84 bits per heavy atom. The van der Waals surface area contributed by atoms with E-state index in [1.165, 1.54) is 12.5 Å². The van der Waals surface area contributed by atoms with Crippen LogP contribution in [0.15, 0.2) is 41.9 Å². The summed E-state index contributed by atoms with van der Waals surface area (Å²) >= 11 is 6.06. The first-order valence-electron chi connectivity index (χ1n) is 5.41. The number of amidine groups is 1. The highest BCUT2D eigenvalue weighted by Crippen LogP contribution is 2.29. The van der Waals surface area contributed by atoms with Gasteiger partial charge >= 0.3 is 0 Å². The van der Waals surface area contributed by atoms with E-state index in [0.29, 0.717) is 16.4 Å². The van der Waals surface area contributed by atoms with Crippen molar-refractivity contribution in [1.82, 2.24) is 9.97 Å². The first-order chi connectivity index (χ1) is 9.15. The largest absolute Gasteiger partial charge is 0.409 e. The van der Waals surface area contributed by atoms with E-state index in [9.17, 15) is 0 Å². The van der Waals surface area contributed by atoms with Crippen molar-refractivity contribution >= 4 is 28.9 Å². The summed E-state index contributed by atoms with van der Waals surface area (Å²) in [6.45, 7) is 0. The fraction of sp³-hybridized carbons (Fsp3) is 0.0833. The Hall–Kier alpha value is -2.34.